The SMILES string of the molecule is CC(=O)c1ccc(N2CCN(C(=O)C3CCCN(C(=O)c4ccc(F)cc4)C3)CC2)c(F)c1. The summed E-state index contributed by atoms with van der Waals surface area (Å²) in [6, 6.07) is 9.93. The minimum Gasteiger partial charge on any atom is -0.366 e. The molecule has 174 valence electrons. The van der Waals surface area contributed by atoms with Gasteiger partial charge in [0, 0.05) is 50.4 Å². The number of likely N-dealkylation sites (tertiary alicyclic amines) is 1. The molecule has 0 aliphatic carbocycles. The lowest BCUT2D eigenvalue weighted by molar-refractivity contribution is -0.137. The lowest BCUT2D eigenvalue weighted by atomic mass is 9.95. The van der Waals surface area contributed by atoms with Crippen molar-refractivity contribution in [3.63, 3.8) is 0 Å². The molecule has 6 nitrogen and oxygen atoms in total. The normalized spacial score (nSPS) is 18.9. The van der Waals surface area contributed by atoms with Gasteiger partial charge in [-0.25, -0.2) is 8.78 Å². The largest absolute Gasteiger partial charge is 0.366 e. The minimum atomic E-state index is -0.440. The molecule has 2 heterocycles. The monoisotopic (exact) mass is 455 g/mol. The molecule has 2 saturated heterocycles. The fourth-order valence-corrected chi connectivity index (χ4v) is 4.55. The zero-order valence-corrected chi connectivity index (χ0v) is 18.6. The highest BCUT2D eigenvalue weighted by Crippen LogP contribution is 2.25. The Bertz CT molecular complexity index is 1050. The summed E-state index contributed by atoms with van der Waals surface area (Å²) in [4.78, 5) is 42.7. The summed E-state index contributed by atoms with van der Waals surface area (Å²) in [6.45, 7) is 4.24. The van der Waals surface area contributed by atoms with Crippen LogP contribution in [0.5, 0.6) is 0 Å². The highest BCUT2D eigenvalue weighted by atomic mass is 19.1. The highest BCUT2D eigenvalue weighted by Gasteiger charge is 2.33. The number of nitrogens with zero attached hydrogens (tertiary/aromatic N) is 3. The van der Waals surface area contributed by atoms with Crippen molar-refractivity contribution >= 4 is 23.3 Å². The molecule has 0 saturated carbocycles. The molecule has 1 atom stereocenters. The van der Waals surface area contributed by atoms with Crippen molar-refractivity contribution in [2.24, 2.45) is 5.92 Å². The van der Waals surface area contributed by atoms with Gasteiger partial charge in [0.05, 0.1) is 11.6 Å². The van der Waals surface area contributed by atoms with Gasteiger partial charge >= 0.3 is 0 Å². The Labute approximate surface area is 191 Å². The van der Waals surface area contributed by atoms with Crippen LogP contribution >= 0.6 is 0 Å². The summed E-state index contributed by atoms with van der Waals surface area (Å²) in [5.74, 6) is -1.48. The predicted octanol–water partition coefficient (Wildman–Crippen LogP) is 3.37. The van der Waals surface area contributed by atoms with Crippen LogP contribution in [0.15, 0.2) is 42.5 Å². The van der Waals surface area contributed by atoms with Gasteiger partial charge in [-0.2, -0.15) is 0 Å². The average molecular weight is 456 g/mol. The van der Waals surface area contributed by atoms with E-state index in [9.17, 15) is 23.2 Å². The van der Waals surface area contributed by atoms with Gasteiger partial charge < -0.3 is 14.7 Å². The van der Waals surface area contributed by atoms with Crippen LogP contribution in [0.1, 0.15) is 40.5 Å². The second-order valence-electron chi connectivity index (χ2n) is 8.63. The first-order valence-corrected chi connectivity index (χ1v) is 11.2. The van der Waals surface area contributed by atoms with E-state index in [0.717, 1.165) is 6.42 Å². The first kappa shape index (κ1) is 22.9. The van der Waals surface area contributed by atoms with Gasteiger partial charge in [-0.3, -0.25) is 14.4 Å². The molecule has 2 amide bonds. The third kappa shape index (κ3) is 5.05. The first-order chi connectivity index (χ1) is 15.8. The van der Waals surface area contributed by atoms with Crippen LogP contribution in [-0.2, 0) is 4.79 Å². The molecule has 2 fully saturated rings. The number of amides is 2. The molecule has 4 rings (SSSR count). The van der Waals surface area contributed by atoms with Gasteiger partial charge in [-0.1, -0.05) is 0 Å². The summed E-state index contributed by atoms with van der Waals surface area (Å²) in [5, 5.41) is 0. The van der Waals surface area contributed by atoms with Gasteiger partial charge in [0.15, 0.2) is 5.78 Å². The van der Waals surface area contributed by atoms with E-state index < -0.39 is 11.6 Å². The third-order valence-electron chi connectivity index (χ3n) is 6.44. The van der Waals surface area contributed by atoms with Crippen LogP contribution in [0.3, 0.4) is 0 Å². The fourth-order valence-electron chi connectivity index (χ4n) is 4.55. The summed E-state index contributed by atoms with van der Waals surface area (Å²) in [6.07, 6.45) is 1.45. The van der Waals surface area contributed by atoms with Gasteiger partial charge in [0.25, 0.3) is 5.91 Å². The van der Waals surface area contributed by atoms with E-state index in [1.165, 1.54) is 37.3 Å². The Hall–Kier alpha value is -3.29. The smallest absolute Gasteiger partial charge is 0.253 e. The van der Waals surface area contributed by atoms with E-state index >= 15 is 0 Å². The van der Waals surface area contributed by atoms with E-state index in [2.05, 4.69) is 0 Å². The van der Waals surface area contributed by atoms with Crippen molar-refractivity contribution in [2.45, 2.75) is 19.8 Å². The number of Topliss-reactive ketones (excluding diaryl/α,β-unsaturated/α-hetero) is 1. The van der Waals surface area contributed by atoms with E-state index in [1.807, 2.05) is 4.90 Å². The minimum absolute atomic E-state index is 0.0126. The third-order valence-corrected chi connectivity index (χ3v) is 6.44. The molecule has 0 aromatic heterocycles. The fraction of sp³-hybridized carbons (Fsp3) is 0.400. The van der Waals surface area contributed by atoms with Crippen molar-refractivity contribution in [3.8, 4) is 0 Å². The number of piperidine rings is 1. The Morgan fingerprint density at radius 1 is 0.848 bits per heavy atom. The Kier molecular flexibility index (Phi) is 6.72. The molecule has 0 spiro atoms. The number of piperazine rings is 1. The molecular formula is C25H27F2N3O3. The number of rotatable bonds is 4. The van der Waals surface area contributed by atoms with Crippen molar-refractivity contribution in [2.75, 3.05) is 44.2 Å². The van der Waals surface area contributed by atoms with Gasteiger partial charge in [0.2, 0.25) is 5.91 Å². The van der Waals surface area contributed by atoms with E-state index in [0.29, 0.717) is 62.5 Å². The van der Waals surface area contributed by atoms with Crippen LogP contribution in [0.25, 0.3) is 0 Å². The van der Waals surface area contributed by atoms with Crippen LogP contribution < -0.4 is 4.90 Å². The van der Waals surface area contributed by atoms with Crippen molar-refractivity contribution in [1.82, 2.24) is 9.80 Å². The number of hydrogen-bond donors (Lipinski definition) is 0. The molecule has 0 N–H and O–H groups in total. The Morgan fingerprint density at radius 2 is 1.52 bits per heavy atom. The maximum absolute atomic E-state index is 14.5. The summed E-state index contributed by atoms with van der Waals surface area (Å²) >= 11 is 0. The Balaban J connectivity index is 1.35. The predicted molar refractivity (Wildman–Crippen MR) is 120 cm³/mol. The average Bonchev–Trinajstić information content (AvgIpc) is 2.84. The number of benzene rings is 2. The maximum atomic E-state index is 14.5. The maximum Gasteiger partial charge on any atom is 0.253 e. The topological polar surface area (TPSA) is 60.9 Å². The molecule has 33 heavy (non-hydrogen) atoms. The summed E-state index contributed by atoms with van der Waals surface area (Å²) < 4.78 is 27.7. The first-order valence-electron chi connectivity index (χ1n) is 11.2. The van der Waals surface area contributed by atoms with Crippen LogP contribution in [0.2, 0.25) is 0 Å². The molecular weight excluding hydrogens is 428 g/mol. The molecule has 2 aliphatic heterocycles. The van der Waals surface area contributed by atoms with Crippen molar-refractivity contribution < 1.29 is 23.2 Å². The number of carbonyl (C=O) groups is 3. The van der Waals surface area contributed by atoms with E-state index in [-0.39, 0.29) is 23.5 Å². The Morgan fingerprint density at radius 3 is 2.15 bits per heavy atom. The number of ketones is 1. The molecule has 2 aliphatic rings. The van der Waals surface area contributed by atoms with Crippen molar-refractivity contribution in [1.29, 1.82) is 0 Å². The van der Waals surface area contributed by atoms with E-state index in [1.54, 1.807) is 21.9 Å². The molecule has 8 heteroatoms. The van der Waals surface area contributed by atoms with E-state index in [4.69, 9.17) is 0 Å². The zero-order valence-electron chi connectivity index (χ0n) is 18.6. The standard InChI is InChI=1S/C25H27F2N3O3/c1-17(31)19-6-9-23(22(27)15-19)28-11-13-29(14-12-28)25(33)20-3-2-10-30(16-20)24(32)18-4-7-21(26)8-5-18/h4-9,15,20H,2-3,10-14,16H2,1H3. The number of anilines is 1. The van der Waals surface area contributed by atoms with Crippen LogP contribution in [-0.4, -0.2) is 66.7 Å². The van der Waals surface area contributed by atoms with Crippen LogP contribution in [0, 0.1) is 17.6 Å². The van der Waals surface area contributed by atoms with Crippen molar-refractivity contribution in [3.05, 3.63) is 65.2 Å². The lowest BCUT2D eigenvalue weighted by Crippen LogP contribution is -2.53. The molecule has 1 unspecified atom stereocenters. The highest BCUT2D eigenvalue weighted by molar-refractivity contribution is 5.95. The second kappa shape index (κ2) is 9.68. The van der Waals surface area contributed by atoms with Gasteiger partial charge in [0.1, 0.15) is 11.6 Å². The molecule has 2 aromatic carbocycles. The molecule has 2 aromatic rings. The number of hydrogen-bond acceptors (Lipinski definition) is 4. The number of halogens is 2. The summed E-state index contributed by atoms with van der Waals surface area (Å²) in [7, 11) is 0. The zero-order chi connectivity index (χ0) is 23.5. The molecule has 0 bridgehead atoms. The molecule has 0 radical (unpaired) electrons. The van der Waals surface area contributed by atoms with Crippen LogP contribution in [0.4, 0.5) is 14.5 Å². The van der Waals surface area contributed by atoms with Gasteiger partial charge in [-0.15, -0.1) is 0 Å². The summed E-state index contributed by atoms with van der Waals surface area (Å²) in [5.41, 5.74) is 1.18. The second-order valence-corrected chi connectivity index (χ2v) is 8.63. The lowest BCUT2D eigenvalue weighted by Gasteiger charge is -2.39. The van der Waals surface area contributed by atoms with Gasteiger partial charge in [-0.05, 0) is 62.2 Å². The number of carbonyl (C=O) groups excluding carboxylic acids is 3. The quantitative estimate of drug-likeness (QED) is 0.664.